The fraction of sp³-hybridized carbons (Fsp3) is 0.417. The van der Waals surface area contributed by atoms with Crippen molar-refractivity contribution in [1.29, 1.82) is 0 Å². The van der Waals surface area contributed by atoms with E-state index < -0.39 is 17.7 Å². The van der Waals surface area contributed by atoms with E-state index >= 15 is 0 Å². The molecule has 1 aliphatic rings. The van der Waals surface area contributed by atoms with Gasteiger partial charge < -0.3 is 20.7 Å². The molecular formula is C24H30FN3O3. The minimum absolute atomic E-state index is 0.0469. The lowest BCUT2D eigenvalue weighted by molar-refractivity contribution is -0.132. The van der Waals surface area contributed by atoms with Crippen LogP contribution in [0.4, 0.5) is 14.9 Å². The molecule has 1 aliphatic heterocycles. The summed E-state index contributed by atoms with van der Waals surface area (Å²) in [4.78, 5) is 27.1. The molecule has 0 aromatic heterocycles. The topological polar surface area (TPSA) is 84.7 Å². The molecule has 0 saturated carbocycles. The molecule has 166 valence electrons. The number of hydrogen-bond acceptors (Lipinski definition) is 4. The highest BCUT2D eigenvalue weighted by molar-refractivity contribution is 5.78. The number of carbonyl (C=O) groups is 2. The number of carbonyl (C=O) groups excluding carboxylic acids is 2. The summed E-state index contributed by atoms with van der Waals surface area (Å²) in [6.07, 6.45) is 0.359. The van der Waals surface area contributed by atoms with Gasteiger partial charge in [-0.3, -0.25) is 4.79 Å². The molecule has 2 aromatic rings. The molecule has 0 aliphatic carbocycles. The Morgan fingerprint density at radius 2 is 1.94 bits per heavy atom. The molecule has 6 nitrogen and oxygen atoms in total. The maximum absolute atomic E-state index is 14.2. The molecule has 0 unspecified atom stereocenters. The average Bonchev–Trinajstić information content (AvgIpc) is 2.67. The second-order valence-corrected chi connectivity index (χ2v) is 8.94. The summed E-state index contributed by atoms with van der Waals surface area (Å²) in [5.41, 5.74) is 8.54. The summed E-state index contributed by atoms with van der Waals surface area (Å²) < 4.78 is 19.5. The number of nitrogen functional groups attached to an aromatic ring is 1. The Bertz CT molecular complexity index is 955. The molecule has 7 heteroatoms. The predicted molar refractivity (Wildman–Crippen MR) is 118 cm³/mol. The molecular weight excluding hydrogens is 397 g/mol. The molecule has 3 N–H and O–H groups in total. The number of nitrogens with zero attached hydrogens (tertiary/aromatic N) is 1. The van der Waals surface area contributed by atoms with Crippen LogP contribution in [0.25, 0.3) is 0 Å². The zero-order chi connectivity index (χ0) is 22.6. The van der Waals surface area contributed by atoms with E-state index in [2.05, 4.69) is 5.32 Å². The van der Waals surface area contributed by atoms with Gasteiger partial charge in [-0.25, -0.2) is 9.18 Å². The molecule has 0 spiro atoms. The van der Waals surface area contributed by atoms with Crippen molar-refractivity contribution >= 4 is 17.7 Å². The zero-order valence-corrected chi connectivity index (χ0v) is 18.3. The number of hydrogen-bond donors (Lipinski definition) is 2. The lowest BCUT2D eigenvalue weighted by Gasteiger charge is -2.31. The number of amides is 2. The fourth-order valence-electron chi connectivity index (χ4n) is 3.71. The molecule has 1 atom stereocenters. The van der Waals surface area contributed by atoms with Gasteiger partial charge in [-0.2, -0.15) is 0 Å². The van der Waals surface area contributed by atoms with Crippen LogP contribution in [0.3, 0.4) is 0 Å². The molecule has 0 fully saturated rings. The summed E-state index contributed by atoms with van der Waals surface area (Å²) in [5.74, 6) is -0.473. The smallest absolute Gasteiger partial charge is 0.407 e. The highest BCUT2D eigenvalue weighted by atomic mass is 19.1. The van der Waals surface area contributed by atoms with Gasteiger partial charge in [0.05, 0.1) is 0 Å². The van der Waals surface area contributed by atoms with Crippen LogP contribution in [0, 0.1) is 5.82 Å². The van der Waals surface area contributed by atoms with Gasteiger partial charge in [0.15, 0.2) is 0 Å². The minimum Gasteiger partial charge on any atom is -0.444 e. The number of rotatable bonds is 5. The van der Waals surface area contributed by atoms with Crippen molar-refractivity contribution < 1.29 is 18.7 Å². The van der Waals surface area contributed by atoms with Crippen molar-refractivity contribution in [3.05, 3.63) is 65.0 Å². The summed E-state index contributed by atoms with van der Waals surface area (Å²) >= 11 is 0. The van der Waals surface area contributed by atoms with E-state index in [0.717, 1.165) is 12.0 Å². The maximum Gasteiger partial charge on any atom is 0.407 e. The molecule has 2 aromatic carbocycles. The Labute approximate surface area is 182 Å². The van der Waals surface area contributed by atoms with Crippen LogP contribution in [0.1, 0.15) is 43.9 Å². The standard InChI is InChI=1S/C24H30FN3O3/c1-24(2,3)31-23(30)27-20(13-17-6-4-5-7-21(17)25)14-22(29)28-11-10-16-8-9-19(26)12-18(16)15-28/h4-9,12,20H,10-11,13-15,26H2,1-3H3,(H,27,30)/t20-/m1/s1. The summed E-state index contributed by atoms with van der Waals surface area (Å²) in [5, 5.41) is 2.75. The van der Waals surface area contributed by atoms with E-state index in [-0.39, 0.29) is 24.6 Å². The Balaban J connectivity index is 1.71. The van der Waals surface area contributed by atoms with Crippen LogP contribution in [0.2, 0.25) is 0 Å². The highest BCUT2D eigenvalue weighted by Gasteiger charge is 2.26. The van der Waals surface area contributed by atoms with Crippen molar-refractivity contribution in [2.75, 3.05) is 12.3 Å². The molecule has 1 heterocycles. The van der Waals surface area contributed by atoms with Gasteiger partial charge >= 0.3 is 6.09 Å². The molecule has 3 rings (SSSR count). The van der Waals surface area contributed by atoms with Crippen molar-refractivity contribution in [3.63, 3.8) is 0 Å². The first-order valence-electron chi connectivity index (χ1n) is 10.5. The second kappa shape index (κ2) is 9.37. The third kappa shape index (κ3) is 6.44. The van der Waals surface area contributed by atoms with Gasteiger partial charge in [0.1, 0.15) is 11.4 Å². The minimum atomic E-state index is -0.673. The van der Waals surface area contributed by atoms with Gasteiger partial charge in [-0.15, -0.1) is 0 Å². The average molecular weight is 428 g/mol. The summed E-state index contributed by atoms with van der Waals surface area (Å²) in [6, 6.07) is 11.5. The highest BCUT2D eigenvalue weighted by Crippen LogP contribution is 2.22. The van der Waals surface area contributed by atoms with Gasteiger partial charge in [-0.1, -0.05) is 24.3 Å². The van der Waals surface area contributed by atoms with Crippen molar-refractivity contribution in [2.45, 2.75) is 58.2 Å². The number of nitrogens with one attached hydrogen (secondary N) is 1. The first-order chi connectivity index (χ1) is 14.6. The summed E-state index contributed by atoms with van der Waals surface area (Å²) in [7, 11) is 0. The number of fused-ring (bicyclic) bond motifs is 1. The normalized spacial score (nSPS) is 14.5. The first-order valence-corrected chi connectivity index (χ1v) is 10.5. The lowest BCUT2D eigenvalue weighted by Crippen LogP contribution is -2.44. The van der Waals surface area contributed by atoms with Gasteiger partial charge in [0.2, 0.25) is 5.91 Å². The predicted octanol–water partition coefficient (Wildman–Crippen LogP) is 3.82. The van der Waals surface area contributed by atoms with Crippen molar-refractivity contribution in [2.24, 2.45) is 0 Å². The van der Waals surface area contributed by atoms with E-state index in [1.807, 2.05) is 18.2 Å². The third-order valence-corrected chi connectivity index (χ3v) is 5.16. The molecule has 2 amide bonds. The number of nitrogens with two attached hydrogens (primary N) is 1. The maximum atomic E-state index is 14.2. The molecule has 0 saturated heterocycles. The van der Waals surface area contributed by atoms with Crippen LogP contribution in [-0.4, -0.2) is 35.1 Å². The Morgan fingerprint density at radius 3 is 2.65 bits per heavy atom. The van der Waals surface area contributed by atoms with Gasteiger partial charge in [0.25, 0.3) is 0 Å². The van der Waals surface area contributed by atoms with Gasteiger partial charge in [-0.05, 0) is 68.5 Å². The van der Waals surface area contributed by atoms with E-state index in [0.29, 0.717) is 24.3 Å². The van der Waals surface area contributed by atoms with E-state index in [1.54, 1.807) is 43.9 Å². The Kier molecular flexibility index (Phi) is 6.83. The number of benzene rings is 2. The zero-order valence-electron chi connectivity index (χ0n) is 18.3. The second-order valence-electron chi connectivity index (χ2n) is 8.94. The quantitative estimate of drug-likeness (QED) is 0.711. The third-order valence-electron chi connectivity index (χ3n) is 5.16. The fourth-order valence-corrected chi connectivity index (χ4v) is 3.71. The van der Waals surface area contributed by atoms with Crippen LogP contribution < -0.4 is 11.1 Å². The van der Waals surface area contributed by atoms with E-state index in [4.69, 9.17) is 10.5 Å². The van der Waals surface area contributed by atoms with Crippen LogP contribution >= 0.6 is 0 Å². The largest absolute Gasteiger partial charge is 0.444 e. The van der Waals surface area contributed by atoms with Crippen LogP contribution in [0.15, 0.2) is 42.5 Å². The SMILES string of the molecule is CC(C)(C)OC(=O)N[C@@H](CC(=O)N1CCc2ccc(N)cc2C1)Cc1ccccc1F. The molecule has 0 radical (unpaired) electrons. The van der Waals surface area contributed by atoms with E-state index in [1.165, 1.54) is 11.6 Å². The summed E-state index contributed by atoms with van der Waals surface area (Å²) in [6.45, 7) is 6.36. The van der Waals surface area contributed by atoms with Crippen molar-refractivity contribution in [1.82, 2.24) is 10.2 Å². The van der Waals surface area contributed by atoms with Gasteiger partial charge in [0, 0.05) is 31.2 Å². The Hall–Kier alpha value is -3.09. The van der Waals surface area contributed by atoms with Crippen LogP contribution in [-0.2, 0) is 28.9 Å². The molecule has 31 heavy (non-hydrogen) atoms. The number of halogens is 1. The number of alkyl carbamates (subject to hydrolysis) is 1. The number of anilines is 1. The molecule has 0 bridgehead atoms. The monoisotopic (exact) mass is 427 g/mol. The van der Waals surface area contributed by atoms with E-state index in [9.17, 15) is 14.0 Å². The van der Waals surface area contributed by atoms with Crippen molar-refractivity contribution in [3.8, 4) is 0 Å². The lowest BCUT2D eigenvalue weighted by atomic mass is 9.97. The van der Waals surface area contributed by atoms with Crippen LogP contribution in [0.5, 0.6) is 0 Å². The first kappa shape index (κ1) is 22.6. The Morgan fingerprint density at radius 1 is 1.19 bits per heavy atom. The number of ether oxygens (including phenoxy) is 1.